The molecule has 3 saturated heterocycles. The molecule has 3 aliphatic heterocycles. The summed E-state index contributed by atoms with van der Waals surface area (Å²) in [6.45, 7) is 4.00. The summed E-state index contributed by atoms with van der Waals surface area (Å²) in [4.78, 5) is 25.2. The molecule has 0 unspecified atom stereocenters. The number of rotatable bonds is 7. The smallest absolute Gasteiger partial charge is 0.317 e. The molecule has 4 atom stereocenters. The third-order valence-corrected chi connectivity index (χ3v) is 6.14. The fourth-order valence-electron chi connectivity index (χ4n) is 4.94. The Bertz CT molecular complexity index is 722. The van der Waals surface area contributed by atoms with Crippen LogP contribution in [0.3, 0.4) is 0 Å². The van der Waals surface area contributed by atoms with Gasteiger partial charge in [0.25, 0.3) is 5.91 Å². The van der Waals surface area contributed by atoms with Gasteiger partial charge >= 0.3 is 5.97 Å². The van der Waals surface area contributed by atoms with Crippen molar-refractivity contribution in [3.05, 3.63) is 29.8 Å². The lowest BCUT2D eigenvalue weighted by molar-refractivity contribution is -0.138. The van der Waals surface area contributed by atoms with E-state index in [-0.39, 0.29) is 42.6 Å². The first-order chi connectivity index (χ1) is 12.9. The highest BCUT2D eigenvalue weighted by molar-refractivity contribution is 5.77. The van der Waals surface area contributed by atoms with Crippen LogP contribution in [0.5, 0.6) is 5.75 Å². The van der Waals surface area contributed by atoms with Crippen molar-refractivity contribution < 1.29 is 24.2 Å². The fraction of sp³-hybridized carbons (Fsp3) is 0.600. The molecule has 0 aromatic heterocycles. The number of nitrogens with one attached hydrogen (secondary N) is 1. The molecule has 0 aliphatic carbocycles. The molecule has 27 heavy (non-hydrogen) atoms. The number of aryl methyl sites for hydroxylation is 1. The number of hydrogen-bond donors (Lipinski definition) is 2. The fourth-order valence-corrected chi connectivity index (χ4v) is 4.94. The van der Waals surface area contributed by atoms with E-state index in [2.05, 4.69) is 5.32 Å². The number of aliphatic carboxylic acids is 1. The summed E-state index contributed by atoms with van der Waals surface area (Å²) in [5, 5.41) is 12.0. The van der Waals surface area contributed by atoms with Crippen molar-refractivity contribution in [2.75, 3.05) is 32.8 Å². The van der Waals surface area contributed by atoms with Gasteiger partial charge < -0.3 is 19.9 Å². The number of carbonyl (C=O) groups is 2. The van der Waals surface area contributed by atoms with Crippen LogP contribution < -0.4 is 10.1 Å². The number of likely N-dealkylation sites (tertiary alicyclic amines) is 1. The molecule has 146 valence electrons. The first-order valence-corrected chi connectivity index (χ1v) is 9.53. The van der Waals surface area contributed by atoms with Crippen LogP contribution >= 0.6 is 0 Å². The summed E-state index contributed by atoms with van der Waals surface area (Å²) >= 11 is 0. The number of benzene rings is 1. The van der Waals surface area contributed by atoms with E-state index in [1.165, 1.54) is 0 Å². The van der Waals surface area contributed by atoms with Crippen molar-refractivity contribution in [2.45, 2.75) is 31.5 Å². The number of nitrogens with zero attached hydrogens (tertiary/aromatic N) is 1. The maximum absolute atomic E-state index is 12.2. The Labute approximate surface area is 158 Å². The Morgan fingerprint density at radius 2 is 2.15 bits per heavy atom. The average Bonchev–Trinajstić information content (AvgIpc) is 3.26. The lowest BCUT2D eigenvalue weighted by atomic mass is 9.73. The third kappa shape index (κ3) is 3.66. The summed E-state index contributed by atoms with van der Waals surface area (Å²) in [6, 6.07) is 7.60. The van der Waals surface area contributed by atoms with Gasteiger partial charge in [-0.3, -0.25) is 14.5 Å². The van der Waals surface area contributed by atoms with Crippen molar-refractivity contribution in [1.29, 1.82) is 0 Å². The minimum atomic E-state index is -0.806. The Balaban J connectivity index is 1.29. The molecule has 1 aromatic carbocycles. The maximum Gasteiger partial charge on any atom is 0.317 e. The normalized spacial score (nSPS) is 31.7. The van der Waals surface area contributed by atoms with Crippen LogP contribution in [0.15, 0.2) is 24.3 Å². The van der Waals surface area contributed by atoms with Gasteiger partial charge in [-0.1, -0.05) is 17.7 Å². The van der Waals surface area contributed by atoms with Crippen molar-refractivity contribution in [3.63, 3.8) is 0 Å². The van der Waals surface area contributed by atoms with Gasteiger partial charge in [0.05, 0.1) is 18.2 Å². The van der Waals surface area contributed by atoms with Gasteiger partial charge in [-0.25, -0.2) is 0 Å². The van der Waals surface area contributed by atoms with Gasteiger partial charge in [0.1, 0.15) is 5.75 Å². The minimum absolute atomic E-state index is 0.0117. The van der Waals surface area contributed by atoms with Crippen LogP contribution in [0.1, 0.15) is 18.4 Å². The third-order valence-electron chi connectivity index (χ3n) is 6.14. The van der Waals surface area contributed by atoms with Gasteiger partial charge in [-0.05, 0) is 31.9 Å². The standard InChI is InChI=1S/C20H26N2O5/c1-13-2-4-14(5-3-13)26-11-18(23)21-8-15-16-9-22(10-19(24)25)12-20(16)7-6-17(15)27-20/h2-5,15-17H,6-12H2,1H3,(H,21,23)(H,24,25)/t15-,16+,17+,20+/m0/s1. The van der Waals surface area contributed by atoms with E-state index < -0.39 is 5.97 Å². The van der Waals surface area contributed by atoms with Crippen molar-refractivity contribution in [1.82, 2.24) is 10.2 Å². The highest BCUT2D eigenvalue weighted by Crippen LogP contribution is 2.54. The van der Waals surface area contributed by atoms with Gasteiger partial charge in [0.2, 0.25) is 0 Å². The van der Waals surface area contributed by atoms with E-state index in [4.69, 9.17) is 14.6 Å². The lowest BCUT2D eigenvalue weighted by Gasteiger charge is -2.29. The largest absolute Gasteiger partial charge is 0.484 e. The molecule has 4 rings (SSSR count). The van der Waals surface area contributed by atoms with Crippen LogP contribution in [-0.2, 0) is 14.3 Å². The molecular formula is C20H26N2O5. The first kappa shape index (κ1) is 18.3. The van der Waals surface area contributed by atoms with Crippen molar-refractivity contribution >= 4 is 11.9 Å². The number of carbonyl (C=O) groups excluding carboxylic acids is 1. The number of carboxylic acid groups (broad SMARTS) is 1. The van der Waals surface area contributed by atoms with Crippen molar-refractivity contribution in [3.8, 4) is 5.75 Å². The molecule has 3 heterocycles. The van der Waals surface area contributed by atoms with Crippen molar-refractivity contribution in [2.24, 2.45) is 11.8 Å². The number of hydrogen-bond acceptors (Lipinski definition) is 5. The Morgan fingerprint density at radius 1 is 1.37 bits per heavy atom. The Kier molecular flexibility index (Phi) is 4.82. The number of amides is 1. The first-order valence-electron chi connectivity index (χ1n) is 9.53. The topological polar surface area (TPSA) is 88.1 Å². The summed E-state index contributed by atoms with van der Waals surface area (Å²) < 4.78 is 11.8. The van der Waals surface area contributed by atoms with Crippen LogP contribution in [0.4, 0.5) is 0 Å². The molecular weight excluding hydrogens is 348 g/mol. The molecule has 0 radical (unpaired) electrons. The number of ether oxygens (including phenoxy) is 2. The lowest BCUT2D eigenvalue weighted by Crippen LogP contribution is -2.42. The van der Waals surface area contributed by atoms with E-state index in [1.54, 1.807) is 0 Å². The molecule has 1 spiro atoms. The van der Waals surface area contributed by atoms with Gasteiger partial charge in [0, 0.05) is 31.5 Å². The zero-order valence-electron chi connectivity index (χ0n) is 15.5. The second-order valence-electron chi connectivity index (χ2n) is 8.00. The second kappa shape index (κ2) is 7.13. The van der Waals surface area contributed by atoms with Crippen LogP contribution in [0.2, 0.25) is 0 Å². The zero-order valence-corrected chi connectivity index (χ0v) is 15.5. The quantitative estimate of drug-likeness (QED) is 0.742. The van der Waals surface area contributed by atoms with Crippen LogP contribution in [-0.4, -0.2) is 66.4 Å². The van der Waals surface area contributed by atoms with E-state index in [0.717, 1.165) is 24.9 Å². The molecule has 7 nitrogen and oxygen atoms in total. The summed E-state index contributed by atoms with van der Waals surface area (Å²) in [5.74, 6) is 0.250. The Hall–Kier alpha value is -2.12. The average molecular weight is 374 g/mol. The van der Waals surface area contributed by atoms with E-state index in [0.29, 0.717) is 18.8 Å². The maximum atomic E-state index is 12.2. The molecule has 2 N–H and O–H groups in total. The van der Waals surface area contributed by atoms with E-state index in [1.807, 2.05) is 36.1 Å². The summed E-state index contributed by atoms with van der Waals surface area (Å²) in [6.07, 6.45) is 2.14. The highest BCUT2D eigenvalue weighted by atomic mass is 16.5. The SMILES string of the molecule is Cc1ccc(OCC(=O)NC[C@H]2[C@H]3CN(CC(=O)O)C[C@]34CC[C@H]2O4)cc1. The van der Waals surface area contributed by atoms with E-state index >= 15 is 0 Å². The van der Waals surface area contributed by atoms with Gasteiger partial charge in [-0.2, -0.15) is 0 Å². The molecule has 3 fully saturated rings. The van der Waals surface area contributed by atoms with Crippen LogP contribution in [0.25, 0.3) is 0 Å². The van der Waals surface area contributed by atoms with Crippen LogP contribution in [0, 0.1) is 18.8 Å². The Morgan fingerprint density at radius 3 is 2.89 bits per heavy atom. The molecule has 1 aromatic rings. The monoisotopic (exact) mass is 374 g/mol. The molecule has 3 aliphatic rings. The van der Waals surface area contributed by atoms with Gasteiger partial charge in [0.15, 0.2) is 6.61 Å². The predicted molar refractivity (Wildman–Crippen MR) is 97.6 cm³/mol. The number of fused-ring (bicyclic) bond motifs is 1. The summed E-state index contributed by atoms with van der Waals surface area (Å²) in [5.41, 5.74) is 0.930. The molecule has 7 heteroatoms. The van der Waals surface area contributed by atoms with E-state index in [9.17, 15) is 9.59 Å². The number of carboxylic acids is 1. The minimum Gasteiger partial charge on any atom is -0.484 e. The molecule has 2 bridgehead atoms. The molecule has 1 amide bonds. The zero-order chi connectivity index (χ0) is 19.0. The highest BCUT2D eigenvalue weighted by Gasteiger charge is 2.62. The van der Waals surface area contributed by atoms with Gasteiger partial charge in [-0.15, -0.1) is 0 Å². The predicted octanol–water partition coefficient (Wildman–Crippen LogP) is 1.05. The second-order valence-corrected chi connectivity index (χ2v) is 8.00. The summed E-state index contributed by atoms with van der Waals surface area (Å²) in [7, 11) is 0. The molecule has 0 saturated carbocycles.